The van der Waals surface area contributed by atoms with E-state index in [-0.39, 0.29) is 77.0 Å². The highest BCUT2D eigenvalue weighted by molar-refractivity contribution is 9.15. The van der Waals surface area contributed by atoms with Gasteiger partial charge in [0.15, 0.2) is 0 Å². The molecule has 3 aromatic carbocycles. The van der Waals surface area contributed by atoms with E-state index in [1.54, 1.807) is 0 Å². The SMILES string of the molecule is CC(C)(c1ccc(OCC2CO2)cc1)c1ccc(OCC2CO2)cc1.CC(O)CO.CCC(CO)(CO)CO.O=C(O)CCCCC(=O)O.O=C(O)c1c(Br)c(Br)c(Br)c(Br)c1C(=O)O. The van der Waals surface area contributed by atoms with Crippen molar-refractivity contribution in [3.63, 3.8) is 0 Å². The summed E-state index contributed by atoms with van der Waals surface area (Å²) in [5.41, 5.74) is 1.13. The molecular formula is C44H58Br4O17. The van der Waals surface area contributed by atoms with Crippen LogP contribution >= 0.6 is 63.7 Å². The third-order valence-corrected chi connectivity index (χ3v) is 14.3. The summed E-state index contributed by atoms with van der Waals surface area (Å²) in [5.74, 6) is -2.60. The second-order valence-electron chi connectivity index (χ2n) is 15.2. The number of carboxylic acid groups (broad SMARTS) is 4. The lowest BCUT2D eigenvalue weighted by Gasteiger charge is -2.26. The van der Waals surface area contributed by atoms with E-state index >= 15 is 0 Å². The molecule has 0 radical (unpaired) electrons. The largest absolute Gasteiger partial charge is 0.491 e. The molecule has 0 aromatic heterocycles. The van der Waals surface area contributed by atoms with E-state index < -0.39 is 35.4 Å². The number of aliphatic hydroxyl groups excluding tert-OH is 5. The third kappa shape index (κ3) is 22.0. The molecule has 0 spiro atoms. The minimum Gasteiger partial charge on any atom is -0.491 e. The molecular weight excluding hydrogens is 1120 g/mol. The van der Waals surface area contributed by atoms with Crippen LogP contribution in [-0.4, -0.2) is 141 Å². The van der Waals surface area contributed by atoms with Crippen molar-refractivity contribution in [2.24, 2.45) is 5.41 Å². The number of rotatable bonds is 20. The molecule has 2 saturated heterocycles. The van der Waals surface area contributed by atoms with Crippen molar-refractivity contribution in [3.8, 4) is 11.5 Å². The summed E-state index contributed by atoms with van der Waals surface area (Å²) in [5, 5.41) is 76.2. The van der Waals surface area contributed by atoms with Gasteiger partial charge in [-0.1, -0.05) is 45.0 Å². The van der Waals surface area contributed by atoms with Gasteiger partial charge in [0.25, 0.3) is 0 Å². The Morgan fingerprint density at radius 3 is 1.15 bits per heavy atom. The van der Waals surface area contributed by atoms with Crippen LogP contribution in [0.15, 0.2) is 66.4 Å². The van der Waals surface area contributed by atoms with Crippen LogP contribution in [0.1, 0.15) is 91.6 Å². The maximum absolute atomic E-state index is 11.0. The van der Waals surface area contributed by atoms with Crippen molar-refractivity contribution in [3.05, 3.63) is 88.7 Å². The van der Waals surface area contributed by atoms with E-state index in [4.69, 9.17) is 64.9 Å². The van der Waals surface area contributed by atoms with Gasteiger partial charge in [0, 0.05) is 41.6 Å². The second kappa shape index (κ2) is 30.2. The van der Waals surface area contributed by atoms with E-state index in [2.05, 4.69) is 102 Å². The molecule has 0 aliphatic carbocycles. The minimum absolute atomic E-state index is 0.0628. The van der Waals surface area contributed by atoms with Crippen molar-refractivity contribution in [2.45, 2.75) is 83.5 Å². The number of hydrogen-bond donors (Lipinski definition) is 9. The Bertz CT molecular complexity index is 1790. The lowest BCUT2D eigenvalue weighted by Crippen LogP contribution is -2.32. The Labute approximate surface area is 411 Å². The average molecular weight is 1180 g/mol. The first kappa shape index (κ1) is 59.8. The third-order valence-electron chi connectivity index (χ3n) is 9.58. The van der Waals surface area contributed by atoms with Gasteiger partial charge in [0.2, 0.25) is 0 Å². The van der Waals surface area contributed by atoms with Crippen LogP contribution in [0.2, 0.25) is 0 Å². The van der Waals surface area contributed by atoms with E-state index in [9.17, 15) is 19.2 Å². The quantitative estimate of drug-likeness (QED) is 0.0235. The van der Waals surface area contributed by atoms with E-state index in [1.165, 1.54) is 18.1 Å². The minimum atomic E-state index is -1.32. The zero-order valence-corrected chi connectivity index (χ0v) is 42.7. The molecule has 0 bridgehead atoms. The van der Waals surface area contributed by atoms with Crippen LogP contribution in [0.5, 0.6) is 11.5 Å². The van der Waals surface area contributed by atoms with Gasteiger partial charge < -0.3 is 64.9 Å². The molecule has 3 atom stereocenters. The van der Waals surface area contributed by atoms with Crippen molar-refractivity contribution in [2.75, 3.05) is 52.9 Å². The lowest BCUT2D eigenvalue weighted by molar-refractivity contribution is -0.139. The molecule has 364 valence electrons. The predicted octanol–water partition coefficient (Wildman–Crippen LogP) is 7.14. The topological polar surface area (TPSA) is 294 Å². The molecule has 3 unspecified atom stereocenters. The van der Waals surface area contributed by atoms with E-state index in [0.29, 0.717) is 41.4 Å². The average Bonchev–Trinajstić information content (AvgIpc) is 4.23. The number of carbonyl (C=O) groups is 4. The fourth-order valence-corrected chi connectivity index (χ4v) is 7.34. The van der Waals surface area contributed by atoms with Crippen LogP contribution < -0.4 is 9.47 Å². The van der Waals surface area contributed by atoms with Crippen molar-refractivity contribution in [1.82, 2.24) is 0 Å². The molecule has 65 heavy (non-hydrogen) atoms. The van der Waals surface area contributed by atoms with Crippen LogP contribution in [0.4, 0.5) is 0 Å². The van der Waals surface area contributed by atoms with Gasteiger partial charge in [-0.05, 0) is 125 Å². The standard InChI is InChI=1S/C21H24O4.C8H2Br4O4.C6H10O4.C6H14O3.C3H8O2/c1-21(2,15-3-7-17(8-4-15)22-11-19-13-24-19)16-5-9-18(10-6-16)23-12-20-14-25-20;9-3-1(7(13)14)2(8(15)16)4(10)6(12)5(3)11;7-5(8)3-1-2-4-6(9)10;1-2-6(3-7,4-8)5-9;1-3(5)2-4/h3-10,19-20H,11-14H2,1-2H3;(H,13,14)(H,15,16);1-4H2,(H,7,8)(H,9,10);7-9H,2-5H2,1H3;3-5H,2H2,1H3. The van der Waals surface area contributed by atoms with Crippen molar-refractivity contribution < 1.29 is 84.1 Å². The molecule has 2 fully saturated rings. The number of aliphatic carboxylic acids is 2. The summed E-state index contributed by atoms with van der Waals surface area (Å²) in [6.07, 6.45) is 1.61. The molecule has 21 heteroatoms. The molecule has 2 aliphatic rings. The van der Waals surface area contributed by atoms with Crippen LogP contribution in [0.25, 0.3) is 0 Å². The highest BCUT2D eigenvalue weighted by Gasteiger charge is 2.29. The Kier molecular flexibility index (Phi) is 27.8. The molecule has 0 saturated carbocycles. The summed E-state index contributed by atoms with van der Waals surface area (Å²) in [6.45, 7) is 10.1. The Balaban J connectivity index is 0.000000455. The summed E-state index contributed by atoms with van der Waals surface area (Å²) in [4.78, 5) is 41.8. The molecule has 5 rings (SSSR count). The predicted molar refractivity (Wildman–Crippen MR) is 253 cm³/mol. The molecule has 17 nitrogen and oxygen atoms in total. The number of aromatic carboxylic acids is 2. The maximum Gasteiger partial charge on any atom is 0.337 e. The van der Waals surface area contributed by atoms with Gasteiger partial charge in [-0.2, -0.15) is 0 Å². The summed E-state index contributed by atoms with van der Waals surface area (Å²) in [6, 6.07) is 16.7. The normalized spacial score (nSPS) is 15.1. The van der Waals surface area contributed by atoms with Crippen LogP contribution in [0, 0.1) is 5.41 Å². The molecule has 9 N–H and O–H groups in total. The highest BCUT2D eigenvalue weighted by Crippen LogP contribution is 2.42. The first-order valence-corrected chi connectivity index (χ1v) is 23.3. The second-order valence-corrected chi connectivity index (χ2v) is 18.3. The number of aliphatic hydroxyl groups is 5. The molecule has 0 amide bonds. The van der Waals surface area contributed by atoms with Gasteiger partial charge in [-0.15, -0.1) is 0 Å². The van der Waals surface area contributed by atoms with E-state index in [0.717, 1.165) is 24.7 Å². The van der Waals surface area contributed by atoms with Gasteiger partial charge in [-0.25, -0.2) is 9.59 Å². The number of ether oxygens (including phenoxy) is 4. The van der Waals surface area contributed by atoms with Crippen LogP contribution in [-0.2, 0) is 24.5 Å². The number of hydrogen-bond acceptors (Lipinski definition) is 13. The first-order valence-electron chi connectivity index (χ1n) is 20.1. The molecule has 2 heterocycles. The summed E-state index contributed by atoms with van der Waals surface area (Å²) >= 11 is 12.4. The number of halogens is 4. The molecule has 3 aromatic rings. The zero-order valence-electron chi connectivity index (χ0n) is 36.3. The maximum atomic E-state index is 11.0. The fraction of sp³-hybridized carbons (Fsp3) is 0.500. The van der Waals surface area contributed by atoms with Crippen LogP contribution in [0.3, 0.4) is 0 Å². The van der Waals surface area contributed by atoms with Gasteiger partial charge >= 0.3 is 23.9 Å². The number of benzene rings is 3. The molecule has 2 aliphatic heterocycles. The lowest BCUT2D eigenvalue weighted by atomic mass is 9.78. The number of carboxylic acids is 4. The Hall–Kier alpha value is -3.22. The Morgan fingerprint density at radius 2 is 0.954 bits per heavy atom. The Morgan fingerprint density at radius 1 is 0.646 bits per heavy atom. The number of epoxide rings is 2. The first-order chi connectivity index (χ1) is 30.5. The van der Waals surface area contributed by atoms with Gasteiger partial charge in [-0.3, -0.25) is 9.59 Å². The summed E-state index contributed by atoms with van der Waals surface area (Å²) < 4.78 is 23.0. The zero-order chi connectivity index (χ0) is 49.5. The smallest absolute Gasteiger partial charge is 0.337 e. The van der Waals surface area contributed by atoms with Crippen molar-refractivity contribution in [1.29, 1.82) is 0 Å². The van der Waals surface area contributed by atoms with E-state index in [1.807, 2.05) is 31.2 Å². The fourth-order valence-electron chi connectivity index (χ4n) is 4.88. The number of unbranched alkanes of at least 4 members (excludes halogenated alkanes) is 1. The van der Waals surface area contributed by atoms with Crippen molar-refractivity contribution >= 4 is 87.6 Å². The summed E-state index contributed by atoms with van der Waals surface area (Å²) in [7, 11) is 0. The monoisotopic (exact) mass is 1170 g/mol. The van der Waals surface area contributed by atoms with Gasteiger partial charge in [0.1, 0.15) is 36.9 Å². The van der Waals surface area contributed by atoms with Gasteiger partial charge in [0.05, 0.1) is 56.9 Å². The highest BCUT2D eigenvalue weighted by atomic mass is 79.9.